The van der Waals surface area contributed by atoms with E-state index in [1.807, 2.05) is 27.7 Å². The second-order valence-corrected chi connectivity index (χ2v) is 4.97. The molecule has 0 rings (SSSR count). The predicted molar refractivity (Wildman–Crippen MR) is 38.4 cm³/mol. The molecule has 0 atom stereocenters. The lowest BCUT2D eigenvalue weighted by molar-refractivity contribution is 0.577. The van der Waals surface area contributed by atoms with Gasteiger partial charge in [0.2, 0.25) is 0 Å². The van der Waals surface area contributed by atoms with E-state index in [1.165, 1.54) is 0 Å². The van der Waals surface area contributed by atoms with Crippen molar-refractivity contribution in [3.05, 3.63) is 0 Å². The minimum Gasteiger partial charge on any atom is -0.616 e. The van der Waals surface area contributed by atoms with Gasteiger partial charge in [-0.25, -0.2) is 0 Å². The molecule has 0 saturated carbocycles. The fraction of sp³-hybridized carbons (Fsp3) is 1.00. The van der Waals surface area contributed by atoms with E-state index in [0.717, 1.165) is 0 Å². The van der Waals surface area contributed by atoms with E-state index in [0.29, 0.717) is 10.5 Å². The van der Waals surface area contributed by atoms with E-state index in [4.69, 9.17) is 0 Å². The minimum absolute atomic E-state index is 0.315. The summed E-state index contributed by atoms with van der Waals surface area (Å²) in [5.74, 6) is 0. The van der Waals surface area contributed by atoms with Gasteiger partial charge in [0.1, 0.15) is 10.5 Å². The van der Waals surface area contributed by atoms with Gasteiger partial charge in [0.25, 0.3) is 0 Å². The van der Waals surface area contributed by atoms with Crippen molar-refractivity contribution in [2.45, 2.75) is 38.2 Å². The SMILES string of the molecule is CC(C)[S+]([O-])C(C)C. The molecule has 0 fully saturated rings. The van der Waals surface area contributed by atoms with Gasteiger partial charge in [0.05, 0.1) is 0 Å². The normalized spacial score (nSPS) is 12.0. The van der Waals surface area contributed by atoms with E-state index in [1.54, 1.807) is 0 Å². The second-order valence-electron chi connectivity index (χ2n) is 2.43. The van der Waals surface area contributed by atoms with Crippen LogP contribution in [0.25, 0.3) is 0 Å². The highest BCUT2D eigenvalue weighted by molar-refractivity contribution is 7.92. The Morgan fingerprint density at radius 2 is 1.25 bits per heavy atom. The van der Waals surface area contributed by atoms with E-state index in [-0.39, 0.29) is 0 Å². The van der Waals surface area contributed by atoms with Crippen LogP contribution in [-0.2, 0) is 11.2 Å². The maximum atomic E-state index is 11.0. The number of hydrogen-bond acceptors (Lipinski definition) is 1. The Morgan fingerprint density at radius 1 is 1.00 bits per heavy atom. The molecule has 1 nitrogen and oxygen atoms in total. The smallest absolute Gasteiger partial charge is 0.110 e. The lowest BCUT2D eigenvalue weighted by Gasteiger charge is -2.17. The van der Waals surface area contributed by atoms with Gasteiger partial charge in [-0.2, -0.15) is 0 Å². The third kappa shape index (κ3) is 2.58. The Kier molecular flexibility index (Phi) is 3.49. The van der Waals surface area contributed by atoms with E-state index in [2.05, 4.69) is 0 Å². The topological polar surface area (TPSA) is 23.1 Å². The Hall–Kier alpha value is 0.310. The van der Waals surface area contributed by atoms with Crippen LogP contribution in [-0.4, -0.2) is 15.1 Å². The Balaban J connectivity index is 3.46. The van der Waals surface area contributed by atoms with E-state index < -0.39 is 11.2 Å². The average Bonchev–Trinajstić information content (AvgIpc) is 1.64. The Morgan fingerprint density at radius 3 is 1.25 bits per heavy atom. The van der Waals surface area contributed by atoms with Crippen molar-refractivity contribution in [1.82, 2.24) is 0 Å². The fourth-order valence-electron chi connectivity index (χ4n) is 0.544. The van der Waals surface area contributed by atoms with Crippen LogP contribution in [0.15, 0.2) is 0 Å². The van der Waals surface area contributed by atoms with Crippen LogP contribution in [0.1, 0.15) is 27.7 Å². The molecule has 0 aromatic rings. The molecule has 0 aromatic heterocycles. The van der Waals surface area contributed by atoms with Crippen LogP contribution < -0.4 is 0 Å². The van der Waals surface area contributed by atoms with Crippen molar-refractivity contribution < 1.29 is 4.55 Å². The lowest BCUT2D eigenvalue weighted by Crippen LogP contribution is -2.23. The summed E-state index contributed by atoms with van der Waals surface area (Å²) in [5, 5.41) is 0.630. The van der Waals surface area contributed by atoms with Crippen molar-refractivity contribution in [2.24, 2.45) is 0 Å². The second kappa shape index (κ2) is 3.36. The van der Waals surface area contributed by atoms with Crippen LogP contribution in [0, 0.1) is 0 Å². The summed E-state index contributed by atoms with van der Waals surface area (Å²) in [6.07, 6.45) is 0. The van der Waals surface area contributed by atoms with Gasteiger partial charge in [0, 0.05) is 0 Å². The molecule has 0 unspecified atom stereocenters. The first kappa shape index (κ1) is 8.31. The summed E-state index contributed by atoms with van der Waals surface area (Å²) in [5.41, 5.74) is 0. The maximum absolute atomic E-state index is 11.0. The summed E-state index contributed by atoms with van der Waals surface area (Å²) < 4.78 is 11.0. The van der Waals surface area contributed by atoms with Crippen molar-refractivity contribution in [1.29, 1.82) is 0 Å². The third-order valence-corrected chi connectivity index (χ3v) is 2.79. The molecular weight excluding hydrogens is 120 g/mol. The summed E-state index contributed by atoms with van der Waals surface area (Å²) in [6.45, 7) is 7.93. The molecule has 50 valence electrons. The monoisotopic (exact) mass is 134 g/mol. The molecule has 0 spiro atoms. The van der Waals surface area contributed by atoms with Gasteiger partial charge in [-0.05, 0) is 38.9 Å². The predicted octanol–water partition coefficient (Wildman–Crippen LogP) is 1.55. The van der Waals surface area contributed by atoms with Gasteiger partial charge < -0.3 is 4.55 Å². The first-order valence-electron chi connectivity index (χ1n) is 2.95. The van der Waals surface area contributed by atoms with Crippen LogP contribution in [0.3, 0.4) is 0 Å². The highest BCUT2D eigenvalue weighted by Crippen LogP contribution is 2.06. The van der Waals surface area contributed by atoms with Crippen molar-refractivity contribution >= 4 is 11.2 Å². The number of hydrogen-bond donors (Lipinski definition) is 0. The van der Waals surface area contributed by atoms with Crippen molar-refractivity contribution in [3.8, 4) is 0 Å². The zero-order valence-corrected chi connectivity index (χ0v) is 6.79. The molecule has 0 saturated heterocycles. The zero-order chi connectivity index (χ0) is 6.73. The Bertz CT molecular complexity index is 53.5. The third-order valence-electron chi connectivity index (χ3n) is 0.929. The standard InChI is InChI=1S/C6H14OS/c1-5(2)8(7)6(3)4/h5-6H,1-4H3. The molecule has 0 bridgehead atoms. The first-order valence-corrected chi connectivity index (χ1v) is 4.22. The first-order chi connectivity index (χ1) is 3.55. The molecule has 0 heterocycles. The van der Waals surface area contributed by atoms with Crippen molar-refractivity contribution in [2.75, 3.05) is 0 Å². The van der Waals surface area contributed by atoms with Gasteiger partial charge in [-0.3, -0.25) is 0 Å². The molecule has 0 aromatic carbocycles. The number of rotatable bonds is 2. The largest absolute Gasteiger partial charge is 0.616 e. The van der Waals surface area contributed by atoms with Gasteiger partial charge in [-0.1, -0.05) is 0 Å². The minimum atomic E-state index is -0.623. The molecule has 2 heteroatoms. The van der Waals surface area contributed by atoms with Crippen molar-refractivity contribution in [3.63, 3.8) is 0 Å². The zero-order valence-electron chi connectivity index (χ0n) is 5.97. The molecule has 0 amide bonds. The summed E-state index contributed by atoms with van der Waals surface area (Å²) in [6, 6.07) is 0. The van der Waals surface area contributed by atoms with Gasteiger partial charge >= 0.3 is 0 Å². The van der Waals surface area contributed by atoms with Crippen LogP contribution in [0.4, 0.5) is 0 Å². The molecule has 0 aliphatic rings. The summed E-state index contributed by atoms with van der Waals surface area (Å²) in [7, 11) is 0. The van der Waals surface area contributed by atoms with Gasteiger partial charge in [-0.15, -0.1) is 0 Å². The molecule has 0 radical (unpaired) electrons. The molecular formula is C6H14OS. The van der Waals surface area contributed by atoms with Crippen LogP contribution in [0.2, 0.25) is 0 Å². The Labute approximate surface area is 54.7 Å². The molecule has 0 N–H and O–H groups in total. The maximum Gasteiger partial charge on any atom is 0.110 e. The summed E-state index contributed by atoms with van der Waals surface area (Å²) >= 11 is -0.623. The quantitative estimate of drug-likeness (QED) is 0.525. The highest BCUT2D eigenvalue weighted by Gasteiger charge is 2.14. The molecule has 8 heavy (non-hydrogen) atoms. The molecule has 0 aliphatic heterocycles. The average molecular weight is 134 g/mol. The lowest BCUT2D eigenvalue weighted by atomic mass is 10.5. The van der Waals surface area contributed by atoms with E-state index in [9.17, 15) is 4.55 Å². The van der Waals surface area contributed by atoms with E-state index >= 15 is 0 Å². The van der Waals surface area contributed by atoms with Crippen LogP contribution >= 0.6 is 0 Å². The summed E-state index contributed by atoms with van der Waals surface area (Å²) in [4.78, 5) is 0. The van der Waals surface area contributed by atoms with Crippen LogP contribution in [0.5, 0.6) is 0 Å². The fourth-order valence-corrected chi connectivity index (χ4v) is 1.63. The molecule has 0 aliphatic carbocycles. The highest BCUT2D eigenvalue weighted by atomic mass is 32.2. The van der Waals surface area contributed by atoms with Gasteiger partial charge in [0.15, 0.2) is 0 Å².